The normalized spacial score (nSPS) is 11.9. The summed E-state index contributed by atoms with van der Waals surface area (Å²) in [7, 11) is -1.64. The fourth-order valence-electron chi connectivity index (χ4n) is 1.55. The van der Waals surface area contributed by atoms with Crippen molar-refractivity contribution in [3.63, 3.8) is 0 Å². The minimum Gasteiger partial charge on any atom is -0.318 e. The van der Waals surface area contributed by atoms with Gasteiger partial charge in [0.25, 0.3) is 5.56 Å². The Morgan fingerprint density at radius 2 is 1.88 bits per heavy atom. The highest BCUT2D eigenvalue weighted by Crippen LogP contribution is 2.15. The van der Waals surface area contributed by atoms with Gasteiger partial charge in [-0.05, 0) is 23.6 Å². The molecule has 0 N–H and O–H groups in total. The highest BCUT2D eigenvalue weighted by atomic mass is 32.2. The Bertz CT molecular complexity index is 714. The number of aromatic nitrogens is 1. The summed E-state index contributed by atoms with van der Waals surface area (Å²) in [6.07, 6.45) is 2.78. The van der Waals surface area contributed by atoms with E-state index in [0.29, 0.717) is 5.39 Å². The molecule has 1 aromatic carbocycles. The molecule has 2 rings (SSSR count). The molecule has 0 radical (unpaired) electrons. The maximum atomic E-state index is 11.8. The first kappa shape index (κ1) is 10.9. The predicted molar refractivity (Wildman–Crippen MR) is 62.3 cm³/mol. The molecular formula is C11H11NO3S. The Kier molecular flexibility index (Phi) is 2.35. The zero-order valence-electron chi connectivity index (χ0n) is 8.97. The van der Waals surface area contributed by atoms with E-state index in [1.54, 1.807) is 25.4 Å². The van der Waals surface area contributed by atoms with Crippen LogP contribution in [0.1, 0.15) is 0 Å². The van der Waals surface area contributed by atoms with Crippen LogP contribution in [-0.2, 0) is 16.9 Å². The lowest BCUT2D eigenvalue weighted by molar-refractivity contribution is 0.602. The maximum Gasteiger partial charge on any atom is 0.258 e. The Morgan fingerprint density at radius 1 is 1.19 bits per heavy atom. The van der Waals surface area contributed by atoms with Crippen molar-refractivity contribution in [2.45, 2.75) is 4.90 Å². The number of aryl methyl sites for hydroxylation is 1. The summed E-state index contributed by atoms with van der Waals surface area (Å²) in [5, 5.41) is 1.17. The molecule has 0 aliphatic carbocycles. The fraction of sp³-hybridized carbons (Fsp3) is 0.182. The van der Waals surface area contributed by atoms with Crippen LogP contribution in [0, 0.1) is 0 Å². The molecule has 1 aromatic heterocycles. The van der Waals surface area contributed by atoms with Gasteiger partial charge in [-0.3, -0.25) is 4.79 Å². The van der Waals surface area contributed by atoms with Crippen molar-refractivity contribution in [1.82, 2.24) is 4.57 Å². The van der Waals surface area contributed by atoms with Crippen molar-refractivity contribution in [3.8, 4) is 0 Å². The lowest BCUT2D eigenvalue weighted by atomic mass is 10.2. The van der Waals surface area contributed by atoms with E-state index < -0.39 is 9.84 Å². The van der Waals surface area contributed by atoms with Crippen LogP contribution in [0.15, 0.2) is 40.2 Å². The van der Waals surface area contributed by atoms with Crippen molar-refractivity contribution in [2.75, 3.05) is 6.26 Å². The average Bonchev–Trinajstić information content (AvgIpc) is 2.22. The van der Waals surface area contributed by atoms with Gasteiger partial charge in [-0.15, -0.1) is 0 Å². The second-order valence-corrected chi connectivity index (χ2v) is 5.77. The quantitative estimate of drug-likeness (QED) is 0.741. The fourth-order valence-corrected chi connectivity index (χ4v) is 2.19. The third kappa shape index (κ3) is 1.74. The van der Waals surface area contributed by atoms with Crippen molar-refractivity contribution < 1.29 is 8.42 Å². The molecule has 4 nitrogen and oxygen atoms in total. The molecule has 16 heavy (non-hydrogen) atoms. The van der Waals surface area contributed by atoms with E-state index in [4.69, 9.17) is 0 Å². The molecule has 0 saturated carbocycles. The molecule has 0 saturated heterocycles. The Morgan fingerprint density at radius 3 is 2.50 bits per heavy atom. The minimum absolute atomic E-state index is 0.170. The van der Waals surface area contributed by atoms with Crippen LogP contribution in [0.25, 0.3) is 10.8 Å². The SMILES string of the molecule is Cn1ccc2ccc(S(C)(=O)=O)cc2c1=O. The number of benzene rings is 1. The lowest BCUT2D eigenvalue weighted by Crippen LogP contribution is -2.15. The molecule has 0 aliphatic rings. The summed E-state index contributed by atoms with van der Waals surface area (Å²) >= 11 is 0. The van der Waals surface area contributed by atoms with Crippen molar-refractivity contribution >= 4 is 20.6 Å². The number of hydrogen-bond acceptors (Lipinski definition) is 3. The number of rotatable bonds is 1. The van der Waals surface area contributed by atoms with Gasteiger partial charge in [0.05, 0.1) is 4.90 Å². The van der Waals surface area contributed by atoms with E-state index in [2.05, 4.69) is 0 Å². The summed E-state index contributed by atoms with van der Waals surface area (Å²) in [4.78, 5) is 11.9. The van der Waals surface area contributed by atoms with Gasteiger partial charge in [-0.25, -0.2) is 8.42 Å². The van der Waals surface area contributed by atoms with Crippen LogP contribution in [0.4, 0.5) is 0 Å². The van der Waals surface area contributed by atoms with Gasteiger partial charge in [-0.1, -0.05) is 6.07 Å². The molecule has 84 valence electrons. The summed E-state index contributed by atoms with van der Waals surface area (Å²) in [6, 6.07) is 6.36. The van der Waals surface area contributed by atoms with Crippen LogP contribution in [0.2, 0.25) is 0 Å². The second-order valence-electron chi connectivity index (χ2n) is 3.75. The molecule has 0 fully saturated rings. The summed E-state index contributed by atoms with van der Waals surface area (Å²) in [5.41, 5.74) is -0.192. The van der Waals surface area contributed by atoms with E-state index in [1.807, 2.05) is 0 Å². The van der Waals surface area contributed by atoms with Gasteiger partial charge in [0.2, 0.25) is 0 Å². The van der Waals surface area contributed by atoms with Crippen molar-refractivity contribution in [1.29, 1.82) is 0 Å². The molecule has 0 atom stereocenters. The summed E-state index contributed by atoms with van der Waals surface area (Å²) in [5.74, 6) is 0. The molecule has 0 bridgehead atoms. The number of nitrogens with zero attached hydrogens (tertiary/aromatic N) is 1. The van der Waals surface area contributed by atoms with Gasteiger partial charge < -0.3 is 4.57 Å². The molecule has 1 heterocycles. The monoisotopic (exact) mass is 237 g/mol. The van der Waals surface area contributed by atoms with Crippen LogP contribution in [0.5, 0.6) is 0 Å². The topological polar surface area (TPSA) is 56.1 Å². The zero-order valence-corrected chi connectivity index (χ0v) is 9.78. The van der Waals surface area contributed by atoms with E-state index in [-0.39, 0.29) is 10.5 Å². The summed E-state index contributed by atoms with van der Waals surface area (Å²) in [6.45, 7) is 0. The standard InChI is InChI=1S/C11H11NO3S/c1-12-6-5-8-3-4-9(16(2,14)15)7-10(8)11(12)13/h3-7H,1-2H3. The van der Waals surface area contributed by atoms with E-state index in [1.165, 1.54) is 16.7 Å². The first-order valence-electron chi connectivity index (χ1n) is 4.69. The number of sulfone groups is 1. The van der Waals surface area contributed by atoms with E-state index >= 15 is 0 Å². The summed E-state index contributed by atoms with van der Waals surface area (Å²) < 4.78 is 24.2. The number of hydrogen-bond donors (Lipinski definition) is 0. The third-order valence-electron chi connectivity index (χ3n) is 2.48. The third-order valence-corrected chi connectivity index (χ3v) is 3.59. The molecule has 0 aliphatic heterocycles. The molecular weight excluding hydrogens is 226 g/mol. The smallest absolute Gasteiger partial charge is 0.258 e. The van der Waals surface area contributed by atoms with Crippen LogP contribution in [-0.4, -0.2) is 19.2 Å². The maximum absolute atomic E-state index is 11.8. The van der Waals surface area contributed by atoms with Crippen molar-refractivity contribution in [2.24, 2.45) is 7.05 Å². The molecule has 2 aromatic rings. The Hall–Kier alpha value is -1.62. The Balaban J connectivity index is 2.90. The first-order valence-corrected chi connectivity index (χ1v) is 6.58. The van der Waals surface area contributed by atoms with Gasteiger partial charge in [0, 0.05) is 24.9 Å². The zero-order chi connectivity index (χ0) is 11.9. The first-order chi connectivity index (χ1) is 7.39. The second kappa shape index (κ2) is 3.45. The van der Waals surface area contributed by atoms with Crippen LogP contribution >= 0.6 is 0 Å². The molecule has 0 amide bonds. The van der Waals surface area contributed by atoms with E-state index in [9.17, 15) is 13.2 Å². The van der Waals surface area contributed by atoms with Crippen LogP contribution in [0.3, 0.4) is 0 Å². The largest absolute Gasteiger partial charge is 0.318 e. The van der Waals surface area contributed by atoms with Gasteiger partial charge in [0.15, 0.2) is 9.84 Å². The molecule has 0 spiro atoms. The van der Waals surface area contributed by atoms with Gasteiger partial charge in [-0.2, -0.15) is 0 Å². The minimum atomic E-state index is -3.27. The predicted octanol–water partition coefficient (Wildman–Crippen LogP) is 0.942. The lowest BCUT2D eigenvalue weighted by Gasteiger charge is -2.03. The number of pyridine rings is 1. The highest BCUT2D eigenvalue weighted by molar-refractivity contribution is 7.90. The van der Waals surface area contributed by atoms with Gasteiger partial charge in [0.1, 0.15) is 0 Å². The van der Waals surface area contributed by atoms with Crippen LogP contribution < -0.4 is 5.56 Å². The van der Waals surface area contributed by atoms with E-state index in [0.717, 1.165) is 11.6 Å². The van der Waals surface area contributed by atoms with Crippen molar-refractivity contribution in [3.05, 3.63) is 40.8 Å². The molecule has 0 unspecified atom stereocenters. The van der Waals surface area contributed by atoms with Gasteiger partial charge >= 0.3 is 0 Å². The number of fused-ring (bicyclic) bond motifs is 1. The Labute approximate surface area is 93.1 Å². The average molecular weight is 237 g/mol. The molecule has 5 heteroatoms. The highest BCUT2D eigenvalue weighted by Gasteiger charge is 2.09.